The Kier molecular flexibility index (Phi) is 5.98. The van der Waals surface area contributed by atoms with Gasteiger partial charge in [0.2, 0.25) is 0 Å². The van der Waals surface area contributed by atoms with Gasteiger partial charge in [-0.25, -0.2) is 4.79 Å². The largest absolute Gasteiger partial charge is 0.422 e. The van der Waals surface area contributed by atoms with Crippen LogP contribution in [0.2, 0.25) is 5.02 Å². The summed E-state index contributed by atoms with van der Waals surface area (Å²) in [6, 6.07) is 13.1. The summed E-state index contributed by atoms with van der Waals surface area (Å²) in [5.74, 6) is -1.07. The Hall–Kier alpha value is -3.29. The Bertz CT molecular complexity index is 1060. The Morgan fingerprint density at radius 1 is 1.11 bits per heavy atom. The molecule has 28 heavy (non-hydrogen) atoms. The summed E-state index contributed by atoms with van der Waals surface area (Å²) in [5, 5.41) is 12.9. The zero-order valence-electron chi connectivity index (χ0n) is 14.2. The molecular weight excluding hydrogens is 402 g/mol. The van der Waals surface area contributed by atoms with E-state index in [1.54, 1.807) is 6.08 Å². The second kappa shape index (κ2) is 8.60. The number of hydrogen-bond acceptors (Lipinski definition) is 6. The Balaban J connectivity index is 1.82. The van der Waals surface area contributed by atoms with Gasteiger partial charge in [-0.1, -0.05) is 17.7 Å². The predicted molar refractivity (Wildman–Crippen MR) is 107 cm³/mol. The number of nitrogens with zero attached hydrogens (tertiary/aromatic N) is 1. The highest BCUT2D eigenvalue weighted by molar-refractivity contribution is 7.10. The summed E-state index contributed by atoms with van der Waals surface area (Å²) in [5.41, 5.74) is 0.112. The molecule has 0 amide bonds. The van der Waals surface area contributed by atoms with Crippen LogP contribution in [0.4, 0.5) is 5.69 Å². The van der Waals surface area contributed by atoms with Crippen molar-refractivity contribution in [3.63, 3.8) is 0 Å². The number of carbonyl (C=O) groups is 2. The van der Waals surface area contributed by atoms with E-state index >= 15 is 0 Å². The molecule has 0 aliphatic rings. The molecule has 0 unspecified atom stereocenters. The van der Waals surface area contributed by atoms with Crippen LogP contribution in [0.15, 0.2) is 66.1 Å². The molecular formula is C20H12ClNO5S. The van der Waals surface area contributed by atoms with Crippen molar-refractivity contribution >= 4 is 46.5 Å². The minimum Gasteiger partial charge on any atom is -0.422 e. The summed E-state index contributed by atoms with van der Waals surface area (Å²) in [4.78, 5) is 35.9. The molecule has 3 aromatic rings. The van der Waals surface area contributed by atoms with Crippen LogP contribution < -0.4 is 4.74 Å². The monoisotopic (exact) mass is 413 g/mol. The van der Waals surface area contributed by atoms with Crippen molar-refractivity contribution < 1.29 is 19.2 Å². The van der Waals surface area contributed by atoms with E-state index in [1.165, 1.54) is 59.9 Å². The third-order valence-electron chi connectivity index (χ3n) is 3.67. The van der Waals surface area contributed by atoms with Gasteiger partial charge < -0.3 is 4.74 Å². The number of hydrogen-bond donors (Lipinski definition) is 0. The van der Waals surface area contributed by atoms with Crippen LogP contribution in [0.1, 0.15) is 25.6 Å². The fraction of sp³-hybridized carbons (Fsp3) is 0. The van der Waals surface area contributed by atoms with Crippen molar-refractivity contribution in [2.45, 2.75) is 0 Å². The smallest absolute Gasteiger partial charge is 0.343 e. The number of nitro groups is 1. The molecule has 6 nitrogen and oxygen atoms in total. The first kappa shape index (κ1) is 19.5. The van der Waals surface area contributed by atoms with Crippen molar-refractivity contribution in [3.8, 4) is 5.75 Å². The zero-order valence-corrected chi connectivity index (χ0v) is 15.8. The molecule has 3 rings (SSSR count). The van der Waals surface area contributed by atoms with Gasteiger partial charge in [0, 0.05) is 22.0 Å². The van der Waals surface area contributed by atoms with Crippen molar-refractivity contribution in [1.29, 1.82) is 0 Å². The number of esters is 1. The molecule has 2 aromatic carbocycles. The van der Waals surface area contributed by atoms with Gasteiger partial charge in [-0.15, -0.1) is 11.3 Å². The lowest BCUT2D eigenvalue weighted by molar-refractivity contribution is -0.384. The van der Waals surface area contributed by atoms with Crippen LogP contribution in [0.3, 0.4) is 0 Å². The fourth-order valence-electron chi connectivity index (χ4n) is 2.30. The second-order valence-corrected chi connectivity index (χ2v) is 6.96. The average molecular weight is 414 g/mol. The Morgan fingerprint density at radius 2 is 1.86 bits per heavy atom. The second-order valence-electron chi connectivity index (χ2n) is 5.55. The van der Waals surface area contributed by atoms with Crippen LogP contribution in [0.25, 0.3) is 6.08 Å². The maximum Gasteiger partial charge on any atom is 0.343 e. The zero-order chi connectivity index (χ0) is 20.1. The molecule has 0 aliphatic carbocycles. The molecule has 0 atom stereocenters. The summed E-state index contributed by atoms with van der Waals surface area (Å²) < 4.78 is 5.33. The maximum absolute atomic E-state index is 12.5. The van der Waals surface area contributed by atoms with Crippen LogP contribution in [-0.2, 0) is 0 Å². The van der Waals surface area contributed by atoms with E-state index in [9.17, 15) is 19.7 Å². The highest BCUT2D eigenvalue weighted by atomic mass is 35.5. The lowest BCUT2D eigenvalue weighted by atomic mass is 10.1. The van der Waals surface area contributed by atoms with E-state index in [1.807, 2.05) is 17.5 Å². The Labute approximate surface area is 168 Å². The number of allylic oxidation sites excluding steroid dienone is 1. The topological polar surface area (TPSA) is 86.5 Å². The fourth-order valence-corrected chi connectivity index (χ4v) is 3.09. The molecule has 8 heteroatoms. The lowest BCUT2D eigenvalue weighted by Crippen LogP contribution is -2.11. The third kappa shape index (κ3) is 4.70. The number of thiophene rings is 1. The minimum atomic E-state index is -0.742. The molecule has 140 valence electrons. The van der Waals surface area contributed by atoms with Gasteiger partial charge >= 0.3 is 5.97 Å². The van der Waals surface area contributed by atoms with Crippen LogP contribution >= 0.6 is 22.9 Å². The molecule has 0 aliphatic heterocycles. The molecule has 0 saturated carbocycles. The van der Waals surface area contributed by atoms with E-state index in [2.05, 4.69) is 0 Å². The Morgan fingerprint density at radius 3 is 2.50 bits per heavy atom. The van der Waals surface area contributed by atoms with Gasteiger partial charge in [0.25, 0.3) is 5.69 Å². The van der Waals surface area contributed by atoms with Gasteiger partial charge in [-0.2, -0.15) is 0 Å². The average Bonchev–Trinajstić information content (AvgIpc) is 3.21. The molecule has 0 spiro atoms. The highest BCUT2D eigenvalue weighted by Crippen LogP contribution is 2.25. The van der Waals surface area contributed by atoms with Crippen LogP contribution in [0, 0.1) is 10.1 Å². The van der Waals surface area contributed by atoms with Crippen molar-refractivity contribution in [3.05, 3.63) is 97.2 Å². The minimum absolute atomic E-state index is 0.0496. The quantitative estimate of drug-likeness (QED) is 0.134. The van der Waals surface area contributed by atoms with Crippen molar-refractivity contribution in [2.75, 3.05) is 0 Å². The molecule has 0 fully saturated rings. The van der Waals surface area contributed by atoms with Crippen LogP contribution in [0.5, 0.6) is 5.75 Å². The number of carbonyl (C=O) groups excluding carboxylic acids is 2. The van der Waals surface area contributed by atoms with Gasteiger partial charge in [0.05, 0.1) is 16.1 Å². The highest BCUT2D eigenvalue weighted by Gasteiger charge is 2.17. The molecule has 1 aromatic heterocycles. The number of halogens is 1. The summed E-state index contributed by atoms with van der Waals surface area (Å²) in [6.45, 7) is 0. The maximum atomic E-state index is 12.5. The number of ether oxygens (including phenoxy) is 1. The van der Waals surface area contributed by atoms with E-state index < -0.39 is 10.9 Å². The van der Waals surface area contributed by atoms with Gasteiger partial charge in [0.1, 0.15) is 5.75 Å². The number of non-ortho nitro benzene ring substituents is 1. The lowest BCUT2D eigenvalue weighted by Gasteiger charge is -2.09. The normalized spacial score (nSPS) is 10.8. The summed E-state index contributed by atoms with van der Waals surface area (Å²) in [6.07, 6.45) is 3.04. The van der Waals surface area contributed by atoms with Gasteiger partial charge in [-0.05, 0) is 53.9 Å². The molecule has 0 radical (unpaired) electrons. The molecule has 0 saturated heterocycles. The first-order valence-electron chi connectivity index (χ1n) is 7.96. The van der Waals surface area contributed by atoms with Crippen LogP contribution in [-0.4, -0.2) is 16.7 Å². The predicted octanol–water partition coefficient (Wildman–Crippen LogP) is 5.43. The molecule has 0 bridgehead atoms. The van der Waals surface area contributed by atoms with E-state index in [0.29, 0.717) is 5.02 Å². The number of ketones is 1. The van der Waals surface area contributed by atoms with E-state index in [-0.39, 0.29) is 28.3 Å². The molecule has 0 N–H and O–H groups in total. The van der Waals surface area contributed by atoms with Crippen molar-refractivity contribution in [2.24, 2.45) is 0 Å². The van der Waals surface area contributed by atoms with Gasteiger partial charge in [-0.3, -0.25) is 14.9 Å². The summed E-state index contributed by atoms with van der Waals surface area (Å²) >= 11 is 7.46. The van der Waals surface area contributed by atoms with Crippen molar-refractivity contribution in [1.82, 2.24) is 0 Å². The molecule has 1 heterocycles. The standard InChI is InChI=1S/C20H12ClNO5S/c21-14-5-10-19(17(12-14)18(23)9-8-16-2-1-11-28-16)27-20(24)13-3-6-15(7-4-13)22(25)26/h1-12H/b9-8+. The SMILES string of the molecule is O=C(Oc1ccc(Cl)cc1C(=O)/C=C/c1cccs1)c1ccc([N+](=O)[O-])cc1. The van der Waals surface area contributed by atoms with E-state index in [4.69, 9.17) is 16.3 Å². The third-order valence-corrected chi connectivity index (χ3v) is 4.74. The first-order valence-corrected chi connectivity index (χ1v) is 9.22. The number of nitro benzene ring substituents is 1. The number of rotatable bonds is 6. The van der Waals surface area contributed by atoms with Gasteiger partial charge in [0.15, 0.2) is 5.78 Å². The number of benzene rings is 2. The summed E-state index contributed by atoms with van der Waals surface area (Å²) in [7, 11) is 0. The first-order chi connectivity index (χ1) is 13.4. The van der Waals surface area contributed by atoms with E-state index in [0.717, 1.165) is 4.88 Å².